The number of hydrogen-bond donors (Lipinski definition) is 1. The molecule has 0 heterocycles. The molecule has 0 aromatic carbocycles. The summed E-state index contributed by atoms with van der Waals surface area (Å²) in [6.45, 7) is 8.10. The quantitative estimate of drug-likeness (QED) is 0.543. The van der Waals surface area contributed by atoms with Crippen molar-refractivity contribution in [3.8, 4) is 0 Å². The van der Waals surface area contributed by atoms with Crippen molar-refractivity contribution >= 4 is 5.97 Å². The summed E-state index contributed by atoms with van der Waals surface area (Å²) in [6.07, 6.45) is 4.39. The Labute approximate surface area is 97.0 Å². The molecule has 0 amide bonds. The molecular formula is C14H20O2. The predicted octanol–water partition coefficient (Wildman–Crippen LogP) is 3.40. The van der Waals surface area contributed by atoms with Crippen LogP contribution in [0.4, 0.5) is 0 Å². The van der Waals surface area contributed by atoms with Crippen LogP contribution in [-0.2, 0) is 4.79 Å². The molecule has 0 radical (unpaired) electrons. The molecule has 2 heteroatoms. The largest absolute Gasteiger partial charge is 0.478 e. The molecule has 1 N–H and O–H groups in total. The van der Waals surface area contributed by atoms with Gasteiger partial charge in [0.1, 0.15) is 0 Å². The first kappa shape index (κ1) is 11.4. The third-order valence-corrected chi connectivity index (χ3v) is 3.85. The summed E-state index contributed by atoms with van der Waals surface area (Å²) in [5, 5.41) is 9.37. The van der Waals surface area contributed by atoms with Crippen LogP contribution in [0.2, 0.25) is 0 Å². The van der Waals surface area contributed by atoms with Crippen molar-refractivity contribution in [3.63, 3.8) is 0 Å². The molecule has 0 saturated heterocycles. The molecule has 0 aromatic heterocycles. The fraction of sp³-hybridized carbons (Fsp3) is 0.643. The molecule has 1 saturated carbocycles. The first-order valence-electron chi connectivity index (χ1n) is 5.96. The third-order valence-electron chi connectivity index (χ3n) is 3.85. The van der Waals surface area contributed by atoms with Gasteiger partial charge in [0.05, 0.1) is 0 Å². The second-order valence-corrected chi connectivity index (χ2v) is 6.08. The number of rotatable bonds is 1. The molecule has 0 unspecified atom stereocenters. The maximum atomic E-state index is 11.4. The lowest BCUT2D eigenvalue weighted by Crippen LogP contribution is -2.32. The molecule has 0 spiro atoms. The highest BCUT2D eigenvalue weighted by molar-refractivity contribution is 5.89. The van der Waals surface area contributed by atoms with Gasteiger partial charge in [-0.2, -0.15) is 0 Å². The van der Waals surface area contributed by atoms with Crippen LogP contribution in [0, 0.1) is 17.3 Å². The van der Waals surface area contributed by atoms with Crippen molar-refractivity contribution in [1.82, 2.24) is 0 Å². The molecular weight excluding hydrogens is 200 g/mol. The van der Waals surface area contributed by atoms with Crippen LogP contribution in [0.1, 0.15) is 40.5 Å². The standard InChI is InChI=1S/C14H20O2/c1-8-5-6-9-7-10(11(8)9)12(13(15)16)14(2,3)4/h5,9,11H,6-7H2,1-4H3,(H,15,16)/t9-,11+/m1/s1. The number of carboxylic acid groups (broad SMARTS) is 1. The minimum Gasteiger partial charge on any atom is -0.478 e. The van der Waals surface area contributed by atoms with Crippen molar-refractivity contribution in [1.29, 1.82) is 0 Å². The fourth-order valence-corrected chi connectivity index (χ4v) is 3.18. The molecule has 2 atom stereocenters. The van der Waals surface area contributed by atoms with Crippen LogP contribution >= 0.6 is 0 Å². The van der Waals surface area contributed by atoms with Crippen molar-refractivity contribution in [3.05, 3.63) is 22.8 Å². The summed E-state index contributed by atoms with van der Waals surface area (Å²) in [4.78, 5) is 11.4. The van der Waals surface area contributed by atoms with Gasteiger partial charge in [0.25, 0.3) is 0 Å². The number of carbonyl (C=O) groups is 1. The normalized spacial score (nSPS) is 31.6. The highest BCUT2D eigenvalue weighted by Crippen LogP contribution is 2.53. The van der Waals surface area contributed by atoms with Gasteiger partial charge >= 0.3 is 5.97 Å². The summed E-state index contributed by atoms with van der Waals surface area (Å²) < 4.78 is 0. The summed E-state index contributed by atoms with van der Waals surface area (Å²) in [6, 6.07) is 0. The number of allylic oxidation sites excluding steroid dienone is 3. The highest BCUT2D eigenvalue weighted by atomic mass is 16.4. The molecule has 16 heavy (non-hydrogen) atoms. The lowest BCUT2D eigenvalue weighted by atomic mass is 9.64. The van der Waals surface area contributed by atoms with Crippen LogP contribution in [0.25, 0.3) is 0 Å². The Balaban J connectivity index is 2.40. The number of fused-ring (bicyclic) bond motifs is 1. The van der Waals surface area contributed by atoms with Gasteiger partial charge in [-0.15, -0.1) is 0 Å². The Hall–Kier alpha value is -1.05. The van der Waals surface area contributed by atoms with Gasteiger partial charge in [-0.3, -0.25) is 0 Å². The average molecular weight is 220 g/mol. The molecule has 2 rings (SSSR count). The van der Waals surface area contributed by atoms with Crippen molar-refractivity contribution in [2.45, 2.75) is 40.5 Å². The van der Waals surface area contributed by atoms with Gasteiger partial charge in [-0.05, 0) is 31.1 Å². The summed E-state index contributed by atoms with van der Waals surface area (Å²) >= 11 is 0. The maximum Gasteiger partial charge on any atom is 0.332 e. The third kappa shape index (κ3) is 1.60. The van der Waals surface area contributed by atoms with Gasteiger partial charge < -0.3 is 5.11 Å². The molecule has 0 bridgehead atoms. The zero-order chi connectivity index (χ0) is 12.1. The van der Waals surface area contributed by atoms with Crippen LogP contribution in [0.5, 0.6) is 0 Å². The number of carboxylic acids is 1. The molecule has 1 fully saturated rings. The van der Waals surface area contributed by atoms with Crippen molar-refractivity contribution in [2.75, 3.05) is 0 Å². The molecule has 0 aromatic rings. The Bertz CT molecular complexity index is 393. The molecule has 0 aliphatic heterocycles. The smallest absolute Gasteiger partial charge is 0.332 e. The topological polar surface area (TPSA) is 37.3 Å². The van der Waals surface area contributed by atoms with E-state index >= 15 is 0 Å². The van der Waals surface area contributed by atoms with Crippen molar-refractivity contribution in [2.24, 2.45) is 17.3 Å². The lowest BCUT2D eigenvalue weighted by molar-refractivity contribution is -0.133. The Kier molecular flexibility index (Phi) is 2.48. The van der Waals surface area contributed by atoms with E-state index < -0.39 is 5.97 Å². The van der Waals surface area contributed by atoms with Crippen LogP contribution in [0.3, 0.4) is 0 Å². The van der Waals surface area contributed by atoms with E-state index in [1.807, 2.05) is 20.8 Å². The molecule has 2 nitrogen and oxygen atoms in total. The van der Waals surface area contributed by atoms with Gasteiger partial charge in [-0.25, -0.2) is 4.79 Å². The second kappa shape index (κ2) is 3.47. The van der Waals surface area contributed by atoms with Crippen LogP contribution in [-0.4, -0.2) is 11.1 Å². The second-order valence-electron chi connectivity index (χ2n) is 6.08. The van der Waals surface area contributed by atoms with Crippen LogP contribution < -0.4 is 0 Å². The first-order valence-corrected chi connectivity index (χ1v) is 5.96. The minimum atomic E-state index is -0.736. The molecule has 88 valence electrons. The summed E-state index contributed by atoms with van der Waals surface area (Å²) in [7, 11) is 0. The predicted molar refractivity (Wildman–Crippen MR) is 64.1 cm³/mol. The van der Waals surface area contributed by atoms with Gasteiger partial charge in [0.2, 0.25) is 0 Å². The van der Waals surface area contributed by atoms with Crippen molar-refractivity contribution < 1.29 is 9.90 Å². The summed E-state index contributed by atoms with van der Waals surface area (Å²) in [5.74, 6) is 0.387. The van der Waals surface area contributed by atoms with Crippen LogP contribution in [0.15, 0.2) is 22.8 Å². The van der Waals surface area contributed by atoms with Gasteiger partial charge in [0, 0.05) is 11.5 Å². The highest BCUT2D eigenvalue weighted by Gasteiger charge is 2.44. The zero-order valence-electron chi connectivity index (χ0n) is 10.5. The molecule has 2 aliphatic rings. The number of hydrogen-bond acceptors (Lipinski definition) is 1. The van der Waals surface area contributed by atoms with E-state index in [0.29, 0.717) is 17.4 Å². The lowest BCUT2D eigenvalue weighted by Gasteiger charge is -2.40. The van der Waals surface area contributed by atoms with Gasteiger partial charge in [0.15, 0.2) is 0 Å². The van der Waals surface area contributed by atoms with E-state index in [9.17, 15) is 9.90 Å². The van der Waals surface area contributed by atoms with E-state index in [4.69, 9.17) is 0 Å². The van der Waals surface area contributed by atoms with E-state index in [1.165, 1.54) is 11.1 Å². The van der Waals surface area contributed by atoms with E-state index in [1.54, 1.807) is 0 Å². The Morgan fingerprint density at radius 3 is 2.50 bits per heavy atom. The molecule has 2 aliphatic carbocycles. The Morgan fingerprint density at radius 1 is 1.44 bits per heavy atom. The summed E-state index contributed by atoms with van der Waals surface area (Å²) in [5.41, 5.74) is 2.93. The number of aliphatic carboxylic acids is 1. The van der Waals surface area contributed by atoms with Gasteiger partial charge in [-0.1, -0.05) is 38.0 Å². The average Bonchev–Trinajstić information content (AvgIpc) is 2.32. The maximum absolute atomic E-state index is 11.4. The fourth-order valence-electron chi connectivity index (χ4n) is 3.18. The van der Waals surface area contributed by atoms with E-state index in [2.05, 4.69) is 13.0 Å². The SMILES string of the molecule is CC1=CC[C@@H]2CC(=C(C(=O)O)C(C)(C)C)[C@@H]12. The Morgan fingerprint density at radius 2 is 2.06 bits per heavy atom. The monoisotopic (exact) mass is 220 g/mol. The first-order chi connectivity index (χ1) is 7.32. The van der Waals surface area contributed by atoms with E-state index in [-0.39, 0.29) is 5.41 Å². The van der Waals surface area contributed by atoms with E-state index in [0.717, 1.165) is 12.8 Å². The zero-order valence-corrected chi connectivity index (χ0v) is 10.5. The minimum absolute atomic E-state index is 0.255.